The second kappa shape index (κ2) is 4.31. The van der Waals surface area contributed by atoms with Gasteiger partial charge in [-0.25, -0.2) is 0 Å². The smallest absolute Gasteiger partial charge is 0.303 e. The molecule has 0 aliphatic heterocycles. The first-order valence-electron chi connectivity index (χ1n) is 5.98. The summed E-state index contributed by atoms with van der Waals surface area (Å²) < 4.78 is 1.64. The van der Waals surface area contributed by atoms with Gasteiger partial charge in [0.05, 0.1) is 12.1 Å². The van der Waals surface area contributed by atoms with Crippen LogP contribution < -0.4 is 0 Å². The average Bonchev–Trinajstić information content (AvgIpc) is 2.80. The van der Waals surface area contributed by atoms with Crippen LogP contribution in [0.2, 0.25) is 0 Å². The zero-order valence-electron chi connectivity index (χ0n) is 10.4. The molecule has 1 N–H and O–H groups in total. The van der Waals surface area contributed by atoms with E-state index < -0.39 is 5.97 Å². The summed E-state index contributed by atoms with van der Waals surface area (Å²) in [5.74, 6) is -0.277. The molecule has 2 heterocycles. The van der Waals surface area contributed by atoms with Crippen molar-refractivity contribution >= 4 is 22.4 Å². The highest BCUT2D eigenvalue weighted by atomic mass is 16.4. The van der Waals surface area contributed by atoms with Crippen LogP contribution in [-0.2, 0) is 11.2 Å². The van der Waals surface area contributed by atoms with Crippen LogP contribution in [0.25, 0.3) is 16.4 Å². The lowest BCUT2D eigenvalue weighted by atomic mass is 10.1. The molecule has 3 aromatic rings. The second-order valence-corrected chi connectivity index (χ2v) is 4.38. The number of aryl methyl sites for hydroxylation is 2. The van der Waals surface area contributed by atoms with Crippen molar-refractivity contribution in [2.75, 3.05) is 0 Å². The van der Waals surface area contributed by atoms with Gasteiger partial charge in [-0.05, 0) is 6.92 Å². The highest BCUT2D eigenvalue weighted by Gasteiger charge is 2.12. The molecule has 6 nitrogen and oxygen atoms in total. The summed E-state index contributed by atoms with van der Waals surface area (Å²) in [4.78, 5) is 10.6. The molecular formula is C13H12N4O2. The second-order valence-electron chi connectivity index (χ2n) is 4.38. The molecule has 0 bridgehead atoms. The van der Waals surface area contributed by atoms with E-state index in [9.17, 15) is 4.79 Å². The third-order valence-corrected chi connectivity index (χ3v) is 3.08. The summed E-state index contributed by atoms with van der Waals surface area (Å²) >= 11 is 0. The number of carboxylic acids is 1. The molecule has 96 valence electrons. The van der Waals surface area contributed by atoms with E-state index in [2.05, 4.69) is 15.3 Å². The van der Waals surface area contributed by atoms with Crippen molar-refractivity contribution < 1.29 is 9.90 Å². The Morgan fingerprint density at radius 3 is 2.74 bits per heavy atom. The van der Waals surface area contributed by atoms with Crippen LogP contribution in [0.5, 0.6) is 0 Å². The van der Waals surface area contributed by atoms with Crippen LogP contribution in [0, 0.1) is 6.92 Å². The molecule has 19 heavy (non-hydrogen) atoms. The summed E-state index contributed by atoms with van der Waals surface area (Å²) in [6.45, 7) is 1.92. The Morgan fingerprint density at radius 1 is 1.26 bits per heavy atom. The number of carbonyl (C=O) groups is 1. The molecule has 0 radical (unpaired) electrons. The molecule has 0 atom stereocenters. The number of aromatic nitrogens is 4. The van der Waals surface area contributed by atoms with E-state index in [1.807, 2.05) is 31.2 Å². The maximum atomic E-state index is 10.6. The number of carboxylic acid groups (broad SMARTS) is 1. The predicted molar refractivity (Wildman–Crippen MR) is 69.0 cm³/mol. The number of aliphatic carboxylic acids is 1. The fourth-order valence-corrected chi connectivity index (χ4v) is 2.16. The van der Waals surface area contributed by atoms with Gasteiger partial charge in [-0.1, -0.05) is 24.3 Å². The van der Waals surface area contributed by atoms with Crippen molar-refractivity contribution in [3.8, 4) is 0 Å². The molecule has 0 unspecified atom stereocenters. The topological polar surface area (TPSA) is 80.4 Å². The Kier molecular flexibility index (Phi) is 2.63. The lowest BCUT2D eigenvalue weighted by molar-refractivity contribution is -0.137. The minimum Gasteiger partial charge on any atom is -0.481 e. The molecule has 3 rings (SSSR count). The molecular weight excluding hydrogens is 244 g/mol. The minimum absolute atomic E-state index is 0.0222. The first-order valence-corrected chi connectivity index (χ1v) is 5.98. The van der Waals surface area contributed by atoms with Gasteiger partial charge in [-0.15, -0.1) is 10.2 Å². The Hall–Kier alpha value is -2.50. The summed E-state index contributed by atoms with van der Waals surface area (Å²) in [7, 11) is 0. The van der Waals surface area contributed by atoms with E-state index in [0.29, 0.717) is 17.9 Å². The maximum Gasteiger partial charge on any atom is 0.303 e. The highest BCUT2D eigenvalue weighted by molar-refractivity contribution is 5.94. The summed E-state index contributed by atoms with van der Waals surface area (Å²) in [6, 6.07) is 7.85. The maximum absolute atomic E-state index is 10.6. The molecule has 6 heteroatoms. The van der Waals surface area contributed by atoms with Crippen molar-refractivity contribution in [1.29, 1.82) is 0 Å². The number of hydrogen-bond donors (Lipinski definition) is 1. The van der Waals surface area contributed by atoms with Gasteiger partial charge in [0.15, 0.2) is 11.5 Å². The Balaban J connectivity index is 2.21. The number of rotatable bonds is 3. The molecule has 0 amide bonds. The molecule has 0 aliphatic carbocycles. The standard InChI is InChI=1S/C13H12N4O2/c1-8-9-4-2-3-5-10(9)13-15-14-11(17(13)16-8)6-7-12(18)19/h2-5H,6-7H2,1H3,(H,18,19). The number of hydrogen-bond acceptors (Lipinski definition) is 4. The van der Waals surface area contributed by atoms with Gasteiger partial charge in [0.25, 0.3) is 0 Å². The van der Waals surface area contributed by atoms with Gasteiger partial charge in [0.2, 0.25) is 0 Å². The van der Waals surface area contributed by atoms with Crippen molar-refractivity contribution in [2.24, 2.45) is 0 Å². The average molecular weight is 256 g/mol. The minimum atomic E-state index is -0.853. The van der Waals surface area contributed by atoms with Gasteiger partial charge < -0.3 is 5.11 Å². The first kappa shape index (κ1) is 11.6. The van der Waals surface area contributed by atoms with Crippen LogP contribution in [-0.4, -0.2) is 30.9 Å². The zero-order valence-corrected chi connectivity index (χ0v) is 10.4. The number of fused-ring (bicyclic) bond motifs is 3. The van der Waals surface area contributed by atoms with Gasteiger partial charge in [0, 0.05) is 17.2 Å². The predicted octanol–water partition coefficient (Wildman–Crippen LogP) is 1.60. The molecule has 0 saturated carbocycles. The summed E-state index contributed by atoms with van der Waals surface area (Å²) in [5.41, 5.74) is 1.54. The fourth-order valence-electron chi connectivity index (χ4n) is 2.16. The Labute approximate surface area is 108 Å². The molecule has 2 aromatic heterocycles. The molecule has 0 fully saturated rings. The van der Waals surface area contributed by atoms with Crippen LogP contribution in [0.4, 0.5) is 0 Å². The third-order valence-electron chi connectivity index (χ3n) is 3.08. The first-order chi connectivity index (χ1) is 9.16. The van der Waals surface area contributed by atoms with E-state index in [0.717, 1.165) is 16.5 Å². The van der Waals surface area contributed by atoms with Crippen molar-refractivity contribution in [1.82, 2.24) is 19.8 Å². The van der Waals surface area contributed by atoms with Crippen molar-refractivity contribution in [3.63, 3.8) is 0 Å². The largest absolute Gasteiger partial charge is 0.481 e. The van der Waals surface area contributed by atoms with Crippen LogP contribution in [0.3, 0.4) is 0 Å². The van der Waals surface area contributed by atoms with Crippen LogP contribution in [0.15, 0.2) is 24.3 Å². The lowest BCUT2D eigenvalue weighted by Gasteiger charge is -2.04. The molecule has 0 saturated heterocycles. The number of benzene rings is 1. The molecule has 0 aliphatic rings. The zero-order chi connectivity index (χ0) is 13.4. The van der Waals surface area contributed by atoms with Crippen LogP contribution in [0.1, 0.15) is 17.9 Å². The quantitative estimate of drug-likeness (QED) is 0.769. The molecule has 1 aromatic carbocycles. The SMILES string of the molecule is Cc1nn2c(CCC(=O)O)nnc2c2ccccc12. The normalized spacial score (nSPS) is 11.2. The van der Waals surface area contributed by atoms with Gasteiger partial charge in [-0.3, -0.25) is 4.79 Å². The fraction of sp³-hybridized carbons (Fsp3) is 0.231. The van der Waals surface area contributed by atoms with Crippen molar-refractivity contribution in [3.05, 3.63) is 35.8 Å². The monoisotopic (exact) mass is 256 g/mol. The highest BCUT2D eigenvalue weighted by Crippen LogP contribution is 2.20. The Bertz CT molecular complexity index is 779. The Morgan fingerprint density at radius 2 is 2.00 bits per heavy atom. The van der Waals surface area contributed by atoms with Crippen LogP contribution >= 0.6 is 0 Å². The van der Waals surface area contributed by atoms with E-state index in [-0.39, 0.29) is 6.42 Å². The van der Waals surface area contributed by atoms with E-state index >= 15 is 0 Å². The number of nitrogens with zero attached hydrogens (tertiary/aromatic N) is 4. The van der Waals surface area contributed by atoms with Gasteiger partial charge in [-0.2, -0.15) is 9.61 Å². The summed E-state index contributed by atoms with van der Waals surface area (Å²) in [6.07, 6.45) is 0.343. The van der Waals surface area contributed by atoms with Gasteiger partial charge in [0.1, 0.15) is 0 Å². The molecule has 0 spiro atoms. The van der Waals surface area contributed by atoms with E-state index in [1.165, 1.54) is 0 Å². The van der Waals surface area contributed by atoms with Gasteiger partial charge >= 0.3 is 5.97 Å². The third kappa shape index (κ3) is 1.91. The lowest BCUT2D eigenvalue weighted by Crippen LogP contribution is -2.04. The van der Waals surface area contributed by atoms with E-state index in [1.54, 1.807) is 4.52 Å². The van der Waals surface area contributed by atoms with Crippen molar-refractivity contribution in [2.45, 2.75) is 19.8 Å². The summed E-state index contributed by atoms with van der Waals surface area (Å²) in [5, 5.41) is 23.4. The van der Waals surface area contributed by atoms with E-state index in [4.69, 9.17) is 5.11 Å².